The number of aryl methyl sites for hydroxylation is 1. The maximum Gasteiger partial charge on any atom is 0.237 e. The Hall–Kier alpha value is -4.05. The smallest absolute Gasteiger partial charge is 0.237 e. The van der Waals surface area contributed by atoms with Crippen LogP contribution < -0.4 is 9.47 Å². The molecule has 0 saturated heterocycles. The summed E-state index contributed by atoms with van der Waals surface area (Å²) in [5, 5.41) is 13.8. The fraction of sp³-hybridized carbons (Fsp3) is 0.200. The van der Waals surface area contributed by atoms with E-state index in [0.29, 0.717) is 35.5 Å². The summed E-state index contributed by atoms with van der Waals surface area (Å²) in [4.78, 5) is 4.54. The van der Waals surface area contributed by atoms with Crippen LogP contribution in [-0.2, 0) is 12.3 Å². The highest BCUT2D eigenvalue weighted by Crippen LogP contribution is 2.32. The molecule has 0 amide bonds. The quantitative estimate of drug-likeness (QED) is 0.257. The van der Waals surface area contributed by atoms with Crippen molar-refractivity contribution in [3.63, 3.8) is 0 Å². The highest BCUT2D eigenvalue weighted by Gasteiger charge is 2.19. The van der Waals surface area contributed by atoms with E-state index in [2.05, 4.69) is 37.0 Å². The van der Waals surface area contributed by atoms with Gasteiger partial charge in [-0.15, -0.1) is 10.2 Å². The Morgan fingerprint density at radius 3 is 2.54 bits per heavy atom. The van der Waals surface area contributed by atoms with Crippen molar-refractivity contribution in [1.82, 2.24) is 24.9 Å². The Kier molecular flexibility index (Phi) is 6.53. The third-order valence-corrected chi connectivity index (χ3v) is 6.39. The molecule has 9 nitrogen and oxygen atoms in total. The lowest BCUT2D eigenvalue weighted by Gasteiger charge is -2.09. The van der Waals surface area contributed by atoms with Gasteiger partial charge < -0.3 is 18.4 Å². The molecule has 0 bridgehead atoms. The van der Waals surface area contributed by atoms with Gasteiger partial charge in [0.1, 0.15) is 5.76 Å². The van der Waals surface area contributed by atoms with E-state index >= 15 is 0 Å². The molecule has 0 saturated carbocycles. The van der Waals surface area contributed by atoms with E-state index in [9.17, 15) is 0 Å². The van der Waals surface area contributed by atoms with E-state index in [4.69, 9.17) is 18.4 Å². The van der Waals surface area contributed by atoms with Gasteiger partial charge in [0.05, 0.1) is 38.3 Å². The molecule has 178 valence electrons. The third-order valence-electron chi connectivity index (χ3n) is 5.43. The Labute approximate surface area is 206 Å². The number of hydrogen-bond acceptors (Lipinski definition) is 9. The molecule has 0 atom stereocenters. The van der Waals surface area contributed by atoms with Gasteiger partial charge in [0.15, 0.2) is 22.5 Å². The van der Waals surface area contributed by atoms with Crippen molar-refractivity contribution in [2.24, 2.45) is 0 Å². The second-order valence-corrected chi connectivity index (χ2v) is 8.58. The van der Waals surface area contributed by atoms with Crippen molar-refractivity contribution in [3.05, 3.63) is 78.1 Å². The van der Waals surface area contributed by atoms with Crippen LogP contribution in [0.1, 0.15) is 17.2 Å². The lowest BCUT2D eigenvalue weighted by Crippen LogP contribution is -2.04. The van der Waals surface area contributed by atoms with Crippen LogP contribution in [0, 0.1) is 6.92 Å². The highest BCUT2D eigenvalue weighted by atomic mass is 32.2. The minimum Gasteiger partial charge on any atom is -0.493 e. The van der Waals surface area contributed by atoms with Crippen LogP contribution in [0.5, 0.6) is 11.5 Å². The lowest BCUT2D eigenvalue weighted by molar-refractivity contribution is 0.355. The predicted molar refractivity (Wildman–Crippen MR) is 130 cm³/mol. The molecule has 3 heterocycles. The minimum absolute atomic E-state index is 0.442. The van der Waals surface area contributed by atoms with Crippen LogP contribution in [0.25, 0.3) is 22.8 Å². The maximum absolute atomic E-state index is 5.50. The van der Waals surface area contributed by atoms with Crippen LogP contribution in [0.3, 0.4) is 0 Å². The molecule has 2 aromatic carbocycles. The molecule has 0 aliphatic carbocycles. The molecular weight excluding hydrogens is 466 g/mol. The summed E-state index contributed by atoms with van der Waals surface area (Å²) in [5.74, 6) is 4.17. The monoisotopic (exact) mass is 489 g/mol. The molecule has 5 aromatic rings. The third kappa shape index (κ3) is 4.78. The van der Waals surface area contributed by atoms with Gasteiger partial charge in [-0.25, -0.2) is 0 Å². The predicted octanol–water partition coefficient (Wildman–Crippen LogP) is 5.25. The zero-order valence-electron chi connectivity index (χ0n) is 19.5. The standard InChI is InChI=1S/C25H23N5O4S/c1-16-19(11-12-33-16)24-27-28-25(30(24)14-17-7-5-4-6-8-17)35-15-22-26-23(29-34-22)18-9-10-20(31-2)21(13-18)32-3/h4-13H,14-15H2,1-3H3. The van der Waals surface area contributed by atoms with Crippen LogP contribution >= 0.6 is 11.8 Å². The maximum atomic E-state index is 5.50. The van der Waals surface area contributed by atoms with Crippen LogP contribution in [0.2, 0.25) is 0 Å². The molecule has 0 radical (unpaired) electrons. The average Bonchev–Trinajstić information content (AvgIpc) is 3.63. The minimum atomic E-state index is 0.442. The second kappa shape index (κ2) is 10.1. The van der Waals surface area contributed by atoms with E-state index in [-0.39, 0.29) is 0 Å². The first-order valence-corrected chi connectivity index (χ1v) is 11.8. The fourth-order valence-electron chi connectivity index (χ4n) is 3.65. The van der Waals surface area contributed by atoms with E-state index in [0.717, 1.165) is 33.4 Å². The fourth-order valence-corrected chi connectivity index (χ4v) is 4.43. The molecule has 35 heavy (non-hydrogen) atoms. The summed E-state index contributed by atoms with van der Waals surface area (Å²) < 4.78 is 23.7. The van der Waals surface area contributed by atoms with E-state index in [1.165, 1.54) is 11.8 Å². The van der Waals surface area contributed by atoms with Crippen LogP contribution in [0.4, 0.5) is 0 Å². The van der Waals surface area contributed by atoms with Crippen molar-refractivity contribution in [2.45, 2.75) is 24.4 Å². The van der Waals surface area contributed by atoms with Gasteiger partial charge in [0.2, 0.25) is 11.7 Å². The van der Waals surface area contributed by atoms with E-state index < -0.39 is 0 Å². The largest absolute Gasteiger partial charge is 0.493 e. The van der Waals surface area contributed by atoms with E-state index in [1.807, 2.05) is 49.4 Å². The number of rotatable bonds is 9. The van der Waals surface area contributed by atoms with Gasteiger partial charge in [-0.05, 0) is 36.8 Å². The Bertz CT molecular complexity index is 1430. The van der Waals surface area contributed by atoms with Crippen molar-refractivity contribution >= 4 is 11.8 Å². The second-order valence-electron chi connectivity index (χ2n) is 7.64. The van der Waals surface area contributed by atoms with Gasteiger partial charge in [0.25, 0.3) is 0 Å². The first kappa shape index (κ1) is 22.7. The number of thioether (sulfide) groups is 1. The number of hydrogen-bond donors (Lipinski definition) is 0. The summed E-state index contributed by atoms with van der Waals surface area (Å²) in [6.45, 7) is 2.54. The number of furan rings is 1. The van der Waals surface area contributed by atoms with Crippen molar-refractivity contribution < 1.29 is 18.4 Å². The molecule has 0 unspecified atom stereocenters. The number of nitrogens with zero attached hydrogens (tertiary/aromatic N) is 5. The van der Waals surface area contributed by atoms with Gasteiger partial charge in [-0.2, -0.15) is 4.98 Å². The highest BCUT2D eigenvalue weighted by molar-refractivity contribution is 7.98. The Balaban J connectivity index is 1.38. The van der Waals surface area contributed by atoms with Gasteiger partial charge in [-0.3, -0.25) is 4.57 Å². The molecule has 5 rings (SSSR count). The summed E-state index contributed by atoms with van der Waals surface area (Å²) >= 11 is 1.48. The van der Waals surface area contributed by atoms with Crippen molar-refractivity contribution in [1.29, 1.82) is 0 Å². The molecule has 10 heteroatoms. The molecule has 0 N–H and O–H groups in total. The first-order chi connectivity index (χ1) is 17.2. The summed E-state index contributed by atoms with van der Waals surface area (Å²) in [6, 6.07) is 17.6. The first-order valence-electron chi connectivity index (χ1n) is 10.9. The molecule has 0 aliphatic rings. The molecule has 0 fully saturated rings. The number of ether oxygens (including phenoxy) is 2. The number of methoxy groups -OCH3 is 2. The van der Waals surface area contributed by atoms with Crippen molar-refractivity contribution in [2.75, 3.05) is 14.2 Å². The van der Waals surface area contributed by atoms with E-state index in [1.54, 1.807) is 20.5 Å². The topological polar surface area (TPSA) is 101 Å². The normalized spacial score (nSPS) is 11.1. The summed E-state index contributed by atoms with van der Waals surface area (Å²) in [5.41, 5.74) is 2.83. The molecule has 0 spiro atoms. The number of aromatic nitrogens is 5. The average molecular weight is 490 g/mol. The van der Waals surface area contributed by atoms with Crippen molar-refractivity contribution in [3.8, 4) is 34.3 Å². The summed E-state index contributed by atoms with van der Waals surface area (Å²) in [7, 11) is 3.18. The van der Waals surface area contributed by atoms with Gasteiger partial charge in [-0.1, -0.05) is 47.3 Å². The summed E-state index contributed by atoms with van der Waals surface area (Å²) in [6.07, 6.45) is 1.66. The SMILES string of the molecule is COc1ccc(-c2noc(CSc3nnc(-c4ccoc4C)n3Cc3ccccc3)n2)cc1OC. The van der Waals surface area contributed by atoms with Gasteiger partial charge in [0, 0.05) is 5.56 Å². The van der Waals surface area contributed by atoms with Crippen LogP contribution in [0.15, 0.2) is 75.0 Å². The number of benzene rings is 2. The molecule has 3 aromatic heterocycles. The zero-order chi connectivity index (χ0) is 24.2. The molecular formula is C25H23N5O4S. The van der Waals surface area contributed by atoms with Gasteiger partial charge >= 0.3 is 0 Å². The molecule has 0 aliphatic heterocycles. The van der Waals surface area contributed by atoms with Crippen LogP contribution in [-0.4, -0.2) is 39.1 Å². The lowest BCUT2D eigenvalue weighted by atomic mass is 10.2. The Morgan fingerprint density at radius 1 is 0.971 bits per heavy atom. The zero-order valence-corrected chi connectivity index (χ0v) is 20.3. The Morgan fingerprint density at radius 2 is 1.80 bits per heavy atom.